The van der Waals surface area contributed by atoms with E-state index in [1.807, 2.05) is 18.2 Å². The van der Waals surface area contributed by atoms with Crippen molar-refractivity contribution in [2.45, 2.75) is 19.4 Å². The molecule has 1 N–H and O–H groups in total. The largest absolute Gasteiger partial charge is 0.508 e. The predicted octanol–water partition coefficient (Wildman–Crippen LogP) is 4.15. The van der Waals surface area contributed by atoms with Crippen molar-refractivity contribution in [3.8, 4) is 5.75 Å². The Kier molecular flexibility index (Phi) is 4.28. The van der Waals surface area contributed by atoms with Gasteiger partial charge in [0.15, 0.2) is 0 Å². The summed E-state index contributed by atoms with van der Waals surface area (Å²) < 4.78 is 0. The maximum absolute atomic E-state index is 12.7. The number of nitrogens with zero attached hydrogens (tertiary/aromatic N) is 3. The highest BCUT2D eigenvalue weighted by Gasteiger charge is 2.27. The smallest absolute Gasteiger partial charge is 0.259 e. The molecule has 0 saturated carbocycles. The highest BCUT2D eigenvalue weighted by Crippen LogP contribution is 2.37. The Morgan fingerprint density at radius 2 is 1.85 bits per heavy atom. The lowest BCUT2D eigenvalue weighted by Crippen LogP contribution is -2.27. The number of phenols is 1. The lowest BCUT2D eigenvalue weighted by atomic mass is 10.1. The van der Waals surface area contributed by atoms with Crippen LogP contribution in [0.25, 0.3) is 0 Å². The summed E-state index contributed by atoms with van der Waals surface area (Å²) in [6, 6.07) is 18.9. The minimum Gasteiger partial charge on any atom is -0.508 e. The first-order valence-corrected chi connectivity index (χ1v) is 8.95. The van der Waals surface area contributed by atoms with Crippen LogP contribution in [-0.2, 0) is 6.42 Å². The molecule has 0 spiro atoms. The number of amides is 1. The van der Waals surface area contributed by atoms with Crippen molar-refractivity contribution in [2.75, 3.05) is 16.8 Å². The number of hydrogen-bond acceptors (Lipinski definition) is 4. The maximum atomic E-state index is 12.7. The van der Waals surface area contributed by atoms with Crippen LogP contribution in [0.3, 0.4) is 0 Å². The molecule has 0 fully saturated rings. The molecule has 1 aromatic heterocycles. The third-order valence-electron chi connectivity index (χ3n) is 4.99. The van der Waals surface area contributed by atoms with Crippen LogP contribution in [-0.4, -0.2) is 29.1 Å². The molecule has 3 aromatic rings. The molecular formula is C22H21N3O2. The standard InChI is InChI=1S/C22H21N3O2/c1-15-13-16-5-3-4-6-20(16)25(15)21-12-7-17(14-23-21)22(27)24(2)18-8-10-19(26)11-9-18/h3-12,14-15,26H,13H2,1-2H3. The molecule has 1 aliphatic heterocycles. The van der Waals surface area contributed by atoms with Crippen LogP contribution in [0.2, 0.25) is 0 Å². The molecule has 1 amide bonds. The topological polar surface area (TPSA) is 56.7 Å². The molecule has 1 aliphatic rings. The summed E-state index contributed by atoms with van der Waals surface area (Å²) in [6.45, 7) is 2.18. The number of hydrogen-bond donors (Lipinski definition) is 1. The molecule has 5 nitrogen and oxygen atoms in total. The van der Waals surface area contributed by atoms with Gasteiger partial charge in [-0.05, 0) is 61.4 Å². The van der Waals surface area contributed by atoms with Crippen LogP contribution in [0, 0.1) is 0 Å². The summed E-state index contributed by atoms with van der Waals surface area (Å²) in [5.41, 5.74) is 3.73. The van der Waals surface area contributed by atoms with Gasteiger partial charge in [-0.2, -0.15) is 0 Å². The Balaban J connectivity index is 1.57. The number of aromatic nitrogens is 1. The highest BCUT2D eigenvalue weighted by molar-refractivity contribution is 6.05. The second-order valence-corrected chi connectivity index (χ2v) is 6.84. The Labute approximate surface area is 158 Å². The van der Waals surface area contributed by atoms with E-state index in [0.717, 1.165) is 12.2 Å². The maximum Gasteiger partial charge on any atom is 0.259 e. The van der Waals surface area contributed by atoms with Crippen LogP contribution in [0.5, 0.6) is 5.75 Å². The normalized spacial score (nSPS) is 15.5. The minimum absolute atomic E-state index is 0.144. The average molecular weight is 359 g/mol. The fourth-order valence-electron chi connectivity index (χ4n) is 3.56. The van der Waals surface area contributed by atoms with Gasteiger partial charge in [0.2, 0.25) is 0 Å². The van der Waals surface area contributed by atoms with Crippen LogP contribution >= 0.6 is 0 Å². The SMILES string of the molecule is CC1Cc2ccccc2N1c1ccc(C(=O)N(C)c2ccc(O)cc2)cn1. The summed E-state index contributed by atoms with van der Waals surface area (Å²) in [5.74, 6) is 0.872. The Hall–Kier alpha value is -3.34. The van der Waals surface area contributed by atoms with E-state index in [2.05, 4.69) is 35.0 Å². The number of carbonyl (C=O) groups excluding carboxylic acids is 1. The van der Waals surface area contributed by atoms with E-state index in [9.17, 15) is 9.90 Å². The summed E-state index contributed by atoms with van der Waals surface area (Å²) >= 11 is 0. The van der Waals surface area contributed by atoms with Gasteiger partial charge >= 0.3 is 0 Å². The molecule has 4 rings (SSSR count). The van der Waals surface area contributed by atoms with E-state index in [4.69, 9.17) is 0 Å². The van der Waals surface area contributed by atoms with Crippen LogP contribution in [0.1, 0.15) is 22.8 Å². The van der Waals surface area contributed by atoms with Crippen molar-refractivity contribution in [2.24, 2.45) is 0 Å². The highest BCUT2D eigenvalue weighted by atomic mass is 16.3. The molecular weight excluding hydrogens is 338 g/mol. The molecule has 27 heavy (non-hydrogen) atoms. The number of phenolic OH excluding ortho intramolecular Hbond substituents is 1. The van der Waals surface area contributed by atoms with Crippen molar-refractivity contribution < 1.29 is 9.90 Å². The second-order valence-electron chi connectivity index (χ2n) is 6.84. The molecule has 5 heteroatoms. The number of carbonyl (C=O) groups is 1. The van der Waals surface area contributed by atoms with E-state index >= 15 is 0 Å². The van der Waals surface area contributed by atoms with Gasteiger partial charge in [0.1, 0.15) is 11.6 Å². The number of aromatic hydroxyl groups is 1. The summed E-state index contributed by atoms with van der Waals surface area (Å²) in [5, 5.41) is 9.40. The van der Waals surface area contributed by atoms with Gasteiger partial charge in [-0.15, -0.1) is 0 Å². The number of para-hydroxylation sites is 1. The zero-order valence-corrected chi connectivity index (χ0v) is 15.3. The number of benzene rings is 2. The first-order chi connectivity index (χ1) is 13.0. The first kappa shape index (κ1) is 17.1. The molecule has 2 heterocycles. The number of pyridine rings is 1. The second kappa shape index (κ2) is 6.76. The monoisotopic (exact) mass is 359 g/mol. The van der Waals surface area contributed by atoms with Gasteiger partial charge < -0.3 is 14.9 Å². The Morgan fingerprint density at radius 3 is 2.56 bits per heavy atom. The summed E-state index contributed by atoms with van der Waals surface area (Å²) in [7, 11) is 1.71. The van der Waals surface area contributed by atoms with Gasteiger partial charge in [-0.1, -0.05) is 18.2 Å². The van der Waals surface area contributed by atoms with Crippen LogP contribution < -0.4 is 9.80 Å². The fourth-order valence-corrected chi connectivity index (χ4v) is 3.56. The lowest BCUT2D eigenvalue weighted by molar-refractivity contribution is 0.0992. The number of fused-ring (bicyclic) bond motifs is 1. The lowest BCUT2D eigenvalue weighted by Gasteiger charge is -2.24. The van der Waals surface area contributed by atoms with Crippen molar-refractivity contribution in [3.63, 3.8) is 0 Å². The molecule has 0 bridgehead atoms. The van der Waals surface area contributed by atoms with E-state index in [0.29, 0.717) is 17.3 Å². The molecule has 1 unspecified atom stereocenters. The Bertz CT molecular complexity index is 968. The molecule has 2 aromatic carbocycles. The van der Waals surface area contributed by atoms with Gasteiger partial charge in [-0.3, -0.25) is 4.79 Å². The fraction of sp³-hybridized carbons (Fsp3) is 0.182. The Morgan fingerprint density at radius 1 is 1.11 bits per heavy atom. The van der Waals surface area contributed by atoms with Gasteiger partial charge in [0.25, 0.3) is 5.91 Å². The van der Waals surface area contributed by atoms with E-state index in [1.54, 1.807) is 42.4 Å². The van der Waals surface area contributed by atoms with E-state index < -0.39 is 0 Å². The van der Waals surface area contributed by atoms with Gasteiger partial charge in [0.05, 0.1) is 5.56 Å². The van der Waals surface area contributed by atoms with Crippen molar-refractivity contribution in [1.82, 2.24) is 4.98 Å². The summed E-state index contributed by atoms with van der Waals surface area (Å²) in [6.07, 6.45) is 2.62. The molecule has 1 atom stereocenters. The predicted molar refractivity (Wildman–Crippen MR) is 107 cm³/mol. The van der Waals surface area contributed by atoms with Crippen LogP contribution in [0.15, 0.2) is 66.9 Å². The molecule has 0 aliphatic carbocycles. The quantitative estimate of drug-likeness (QED) is 0.763. The van der Waals surface area contributed by atoms with Crippen molar-refractivity contribution >= 4 is 23.1 Å². The third kappa shape index (κ3) is 3.12. The molecule has 0 saturated heterocycles. The minimum atomic E-state index is -0.144. The van der Waals surface area contributed by atoms with Crippen molar-refractivity contribution in [1.29, 1.82) is 0 Å². The van der Waals surface area contributed by atoms with Crippen LogP contribution in [0.4, 0.5) is 17.2 Å². The molecule has 0 radical (unpaired) electrons. The van der Waals surface area contributed by atoms with Gasteiger partial charge in [-0.25, -0.2) is 4.98 Å². The van der Waals surface area contributed by atoms with Crippen molar-refractivity contribution in [3.05, 3.63) is 78.0 Å². The molecule has 136 valence electrons. The van der Waals surface area contributed by atoms with E-state index in [1.165, 1.54) is 11.3 Å². The average Bonchev–Trinajstić information content (AvgIpc) is 3.03. The first-order valence-electron chi connectivity index (χ1n) is 8.95. The number of anilines is 3. The third-order valence-corrected chi connectivity index (χ3v) is 4.99. The van der Waals surface area contributed by atoms with E-state index in [-0.39, 0.29) is 11.7 Å². The van der Waals surface area contributed by atoms with Gasteiger partial charge in [0, 0.05) is 30.7 Å². The zero-order valence-electron chi connectivity index (χ0n) is 15.3. The number of rotatable bonds is 3. The zero-order chi connectivity index (χ0) is 19.0. The summed E-state index contributed by atoms with van der Waals surface area (Å²) in [4.78, 5) is 21.1.